The van der Waals surface area contributed by atoms with E-state index < -0.39 is 0 Å². The molecule has 5 heteroatoms. The van der Waals surface area contributed by atoms with E-state index in [9.17, 15) is 9.59 Å². The van der Waals surface area contributed by atoms with Crippen LogP contribution in [0.5, 0.6) is 0 Å². The summed E-state index contributed by atoms with van der Waals surface area (Å²) in [5.74, 6) is -0.340. The molecule has 2 heterocycles. The molecule has 2 amide bonds. The lowest BCUT2D eigenvalue weighted by Crippen LogP contribution is -2.37. The first kappa shape index (κ1) is 19.9. The van der Waals surface area contributed by atoms with E-state index in [0.29, 0.717) is 16.3 Å². The Balaban J connectivity index is 1.85. The molecule has 0 radical (unpaired) electrons. The second-order valence-electron chi connectivity index (χ2n) is 6.19. The van der Waals surface area contributed by atoms with Crippen LogP contribution in [0.25, 0.3) is 0 Å². The summed E-state index contributed by atoms with van der Waals surface area (Å²) in [5, 5.41) is 3.74. The molecule has 3 nitrogen and oxygen atoms in total. The minimum Gasteiger partial charge on any atom is -0.273 e. The molecule has 2 rings (SSSR count). The average Bonchev–Trinajstić information content (AvgIpc) is 3.33. The number of nitrogens with zero attached hydrogens (tertiary/aromatic N) is 1. The van der Waals surface area contributed by atoms with Crippen LogP contribution in [0.3, 0.4) is 0 Å². The average molecular weight is 378 g/mol. The van der Waals surface area contributed by atoms with Crippen molar-refractivity contribution in [2.45, 2.75) is 58.3 Å². The Morgan fingerprint density at radius 2 is 1.28 bits per heavy atom. The van der Waals surface area contributed by atoms with Crippen molar-refractivity contribution in [3.05, 3.63) is 44.8 Å². The Morgan fingerprint density at radius 3 is 1.72 bits per heavy atom. The number of thiophene rings is 2. The Labute approximate surface area is 158 Å². The second kappa shape index (κ2) is 11.2. The van der Waals surface area contributed by atoms with Crippen LogP contribution >= 0.6 is 22.7 Å². The van der Waals surface area contributed by atoms with Gasteiger partial charge in [0.1, 0.15) is 0 Å². The van der Waals surface area contributed by atoms with E-state index >= 15 is 0 Å². The Hall–Kier alpha value is -1.46. The van der Waals surface area contributed by atoms with Crippen LogP contribution < -0.4 is 0 Å². The molecule has 0 aliphatic rings. The summed E-state index contributed by atoms with van der Waals surface area (Å²) in [4.78, 5) is 28.1. The molecule has 2 aromatic rings. The van der Waals surface area contributed by atoms with Gasteiger partial charge in [-0.1, -0.05) is 64.0 Å². The molecule has 2 aromatic heterocycles. The molecule has 25 heavy (non-hydrogen) atoms. The van der Waals surface area contributed by atoms with Gasteiger partial charge in [-0.3, -0.25) is 14.5 Å². The van der Waals surface area contributed by atoms with Gasteiger partial charge in [-0.25, -0.2) is 0 Å². The summed E-state index contributed by atoms with van der Waals surface area (Å²) in [7, 11) is 0. The van der Waals surface area contributed by atoms with Gasteiger partial charge in [0.2, 0.25) is 0 Å². The standard InChI is InChI=1S/C20H27NO2S2/c1-2-3-4-5-6-7-8-9-14-21(19(22)17-12-10-15-24-17)20(23)18-13-11-16-25-18/h10-13,15-16H,2-9,14H2,1H3. The quantitative estimate of drug-likeness (QED) is 0.344. The molecule has 0 saturated carbocycles. The van der Waals surface area contributed by atoms with Crippen LogP contribution in [-0.2, 0) is 0 Å². The zero-order valence-electron chi connectivity index (χ0n) is 14.9. The lowest BCUT2D eigenvalue weighted by atomic mass is 10.1. The third-order valence-electron chi connectivity index (χ3n) is 4.19. The predicted octanol–water partition coefficient (Wildman–Crippen LogP) is 6.23. The van der Waals surface area contributed by atoms with Crippen molar-refractivity contribution in [3.8, 4) is 0 Å². The number of hydrogen-bond donors (Lipinski definition) is 0. The van der Waals surface area contributed by atoms with Crippen molar-refractivity contribution in [3.63, 3.8) is 0 Å². The minimum atomic E-state index is -0.170. The van der Waals surface area contributed by atoms with Crippen molar-refractivity contribution in [1.82, 2.24) is 4.90 Å². The molecule has 0 N–H and O–H groups in total. The maximum absolute atomic E-state index is 12.7. The van der Waals surface area contributed by atoms with Gasteiger partial charge in [0, 0.05) is 6.54 Å². The van der Waals surface area contributed by atoms with Gasteiger partial charge in [0.05, 0.1) is 9.75 Å². The molecule has 136 valence electrons. The van der Waals surface area contributed by atoms with Crippen LogP contribution in [0.2, 0.25) is 0 Å². The van der Waals surface area contributed by atoms with Gasteiger partial charge < -0.3 is 0 Å². The highest BCUT2D eigenvalue weighted by Gasteiger charge is 2.24. The smallest absolute Gasteiger partial charge is 0.270 e. The Morgan fingerprint density at radius 1 is 0.800 bits per heavy atom. The highest BCUT2D eigenvalue weighted by atomic mass is 32.1. The number of hydrogen-bond acceptors (Lipinski definition) is 4. The van der Waals surface area contributed by atoms with E-state index in [4.69, 9.17) is 0 Å². The second-order valence-corrected chi connectivity index (χ2v) is 8.09. The summed E-state index contributed by atoms with van der Waals surface area (Å²) in [6.07, 6.45) is 9.56. The summed E-state index contributed by atoms with van der Waals surface area (Å²) in [6.45, 7) is 2.73. The summed E-state index contributed by atoms with van der Waals surface area (Å²) >= 11 is 2.78. The molecule has 0 bridgehead atoms. The highest BCUT2D eigenvalue weighted by Crippen LogP contribution is 2.18. The third kappa shape index (κ3) is 6.40. The fourth-order valence-electron chi connectivity index (χ4n) is 2.77. The van der Waals surface area contributed by atoms with Crippen LogP contribution in [0.1, 0.15) is 77.6 Å². The zero-order chi connectivity index (χ0) is 17.9. The first-order valence-corrected chi connectivity index (χ1v) is 10.9. The van der Waals surface area contributed by atoms with Gasteiger partial charge in [-0.15, -0.1) is 22.7 Å². The van der Waals surface area contributed by atoms with Gasteiger partial charge in [0.25, 0.3) is 11.8 Å². The van der Waals surface area contributed by atoms with Crippen molar-refractivity contribution >= 4 is 34.5 Å². The maximum atomic E-state index is 12.7. The van der Waals surface area contributed by atoms with Crippen molar-refractivity contribution < 1.29 is 9.59 Å². The van der Waals surface area contributed by atoms with Crippen LogP contribution in [0, 0.1) is 0 Å². The monoisotopic (exact) mass is 377 g/mol. The molecular weight excluding hydrogens is 350 g/mol. The van der Waals surface area contributed by atoms with E-state index in [0.717, 1.165) is 12.8 Å². The Kier molecular flexibility index (Phi) is 8.91. The number of rotatable bonds is 11. The molecule has 0 atom stereocenters. The SMILES string of the molecule is CCCCCCCCCCN(C(=O)c1cccs1)C(=O)c1cccs1. The fraction of sp³-hybridized carbons (Fsp3) is 0.500. The normalized spacial score (nSPS) is 10.8. The van der Waals surface area contributed by atoms with E-state index in [1.165, 1.54) is 66.1 Å². The van der Waals surface area contributed by atoms with Crippen molar-refractivity contribution in [2.75, 3.05) is 6.54 Å². The zero-order valence-corrected chi connectivity index (χ0v) is 16.5. The van der Waals surface area contributed by atoms with E-state index in [2.05, 4.69) is 6.92 Å². The van der Waals surface area contributed by atoms with Gasteiger partial charge in [0.15, 0.2) is 0 Å². The van der Waals surface area contributed by atoms with Crippen molar-refractivity contribution in [2.24, 2.45) is 0 Å². The van der Waals surface area contributed by atoms with Crippen LogP contribution in [0.15, 0.2) is 35.0 Å². The molecule has 0 fully saturated rings. The summed E-state index contributed by atoms with van der Waals surface area (Å²) in [6, 6.07) is 7.27. The maximum Gasteiger partial charge on any atom is 0.270 e. The lowest BCUT2D eigenvalue weighted by molar-refractivity contribution is 0.0619. The number of amides is 2. The molecule has 0 aliphatic carbocycles. The lowest BCUT2D eigenvalue weighted by Gasteiger charge is -2.19. The number of unbranched alkanes of at least 4 members (excludes halogenated alkanes) is 7. The Bertz CT molecular complexity index is 574. The van der Waals surface area contributed by atoms with Crippen LogP contribution in [-0.4, -0.2) is 23.3 Å². The van der Waals surface area contributed by atoms with E-state index in [1.54, 1.807) is 12.1 Å². The number of carbonyl (C=O) groups is 2. The predicted molar refractivity (Wildman–Crippen MR) is 107 cm³/mol. The van der Waals surface area contributed by atoms with Gasteiger partial charge >= 0.3 is 0 Å². The highest BCUT2D eigenvalue weighted by molar-refractivity contribution is 7.12. The molecule has 0 unspecified atom stereocenters. The van der Waals surface area contributed by atoms with Gasteiger partial charge in [-0.2, -0.15) is 0 Å². The molecule has 0 aromatic carbocycles. The van der Waals surface area contributed by atoms with E-state index in [1.807, 2.05) is 22.9 Å². The van der Waals surface area contributed by atoms with Gasteiger partial charge in [-0.05, 0) is 29.3 Å². The third-order valence-corrected chi connectivity index (χ3v) is 5.91. The summed E-state index contributed by atoms with van der Waals surface area (Å²) < 4.78 is 0. The largest absolute Gasteiger partial charge is 0.273 e. The number of carbonyl (C=O) groups excluding carboxylic acids is 2. The summed E-state index contributed by atoms with van der Waals surface area (Å²) in [5.41, 5.74) is 0. The molecule has 0 saturated heterocycles. The molecule has 0 aliphatic heterocycles. The van der Waals surface area contributed by atoms with E-state index in [-0.39, 0.29) is 11.8 Å². The molecule has 0 spiro atoms. The first-order chi connectivity index (χ1) is 12.2. The topological polar surface area (TPSA) is 37.4 Å². The first-order valence-electron chi connectivity index (χ1n) is 9.17. The molecular formula is C20H27NO2S2. The minimum absolute atomic E-state index is 0.170. The number of imide groups is 1. The fourth-order valence-corrected chi connectivity index (χ4v) is 4.11. The van der Waals surface area contributed by atoms with Crippen molar-refractivity contribution in [1.29, 1.82) is 0 Å². The van der Waals surface area contributed by atoms with Crippen LogP contribution in [0.4, 0.5) is 0 Å².